The van der Waals surface area contributed by atoms with Crippen molar-refractivity contribution in [3.63, 3.8) is 0 Å². The van der Waals surface area contributed by atoms with Crippen LogP contribution < -0.4 is 15.0 Å². The second kappa shape index (κ2) is 9.88. The van der Waals surface area contributed by atoms with Crippen LogP contribution >= 0.6 is 23.7 Å². The second-order valence-electron chi connectivity index (χ2n) is 6.94. The van der Waals surface area contributed by atoms with Gasteiger partial charge in [-0.3, -0.25) is 0 Å². The van der Waals surface area contributed by atoms with E-state index in [2.05, 4.69) is 37.7 Å². The molecule has 0 bridgehead atoms. The van der Waals surface area contributed by atoms with Gasteiger partial charge in [-0.05, 0) is 53.8 Å². The van der Waals surface area contributed by atoms with E-state index in [0.29, 0.717) is 6.04 Å². The van der Waals surface area contributed by atoms with Gasteiger partial charge in [-0.2, -0.15) is 5.26 Å². The van der Waals surface area contributed by atoms with Gasteiger partial charge in [0.25, 0.3) is 0 Å². The molecule has 0 saturated carbocycles. The van der Waals surface area contributed by atoms with Crippen LogP contribution in [-0.4, -0.2) is 42.8 Å². The number of methoxy groups -OCH3 is 1. The molecule has 1 fully saturated rings. The van der Waals surface area contributed by atoms with Crippen LogP contribution in [0.4, 0.5) is 5.82 Å². The Labute approximate surface area is 180 Å². The lowest BCUT2D eigenvalue weighted by molar-refractivity contribution is 0.397. The number of halogens is 1. The number of thiophene rings is 1. The van der Waals surface area contributed by atoms with Gasteiger partial charge in [-0.1, -0.05) is 0 Å². The third kappa shape index (κ3) is 4.61. The highest BCUT2D eigenvalue weighted by molar-refractivity contribution is 7.17. The SMILES string of the molecule is COc1cncnc1N1CCNCC1CCCc1csc2ccc(C#N)cc12.Cl. The Balaban J connectivity index is 0.00000240. The molecule has 0 spiro atoms. The number of ether oxygens (including phenoxy) is 1. The molecule has 0 radical (unpaired) electrons. The summed E-state index contributed by atoms with van der Waals surface area (Å²) < 4.78 is 6.72. The number of anilines is 1. The van der Waals surface area contributed by atoms with E-state index >= 15 is 0 Å². The number of benzene rings is 1. The summed E-state index contributed by atoms with van der Waals surface area (Å²) in [5.74, 6) is 1.60. The molecule has 152 valence electrons. The van der Waals surface area contributed by atoms with Gasteiger partial charge in [0.15, 0.2) is 11.6 Å². The summed E-state index contributed by atoms with van der Waals surface area (Å²) in [5, 5.41) is 16.1. The van der Waals surface area contributed by atoms with E-state index in [1.807, 2.05) is 12.1 Å². The fourth-order valence-corrected chi connectivity index (χ4v) is 4.82. The number of aryl methyl sites for hydroxylation is 1. The van der Waals surface area contributed by atoms with Crippen molar-refractivity contribution in [2.24, 2.45) is 0 Å². The zero-order valence-electron chi connectivity index (χ0n) is 16.3. The molecule has 2 aromatic heterocycles. The third-order valence-corrected chi connectivity index (χ3v) is 6.28. The van der Waals surface area contributed by atoms with E-state index in [1.165, 1.54) is 15.6 Å². The Morgan fingerprint density at radius 1 is 1.41 bits per heavy atom. The molecule has 3 heterocycles. The number of rotatable bonds is 6. The van der Waals surface area contributed by atoms with Crippen LogP contribution in [0.2, 0.25) is 0 Å². The number of nitriles is 1. The minimum Gasteiger partial charge on any atom is -0.491 e. The maximum absolute atomic E-state index is 9.17. The van der Waals surface area contributed by atoms with E-state index in [1.54, 1.807) is 31.0 Å². The molecule has 4 rings (SSSR count). The van der Waals surface area contributed by atoms with Gasteiger partial charge < -0.3 is 15.0 Å². The van der Waals surface area contributed by atoms with Crippen molar-refractivity contribution in [2.45, 2.75) is 25.3 Å². The van der Waals surface area contributed by atoms with E-state index in [0.717, 1.165) is 56.0 Å². The van der Waals surface area contributed by atoms with Crippen LogP contribution in [0, 0.1) is 11.3 Å². The van der Waals surface area contributed by atoms with Crippen LogP contribution in [0.3, 0.4) is 0 Å². The smallest absolute Gasteiger partial charge is 0.179 e. The van der Waals surface area contributed by atoms with Gasteiger partial charge in [0.05, 0.1) is 24.9 Å². The molecule has 0 aliphatic carbocycles. The zero-order valence-corrected chi connectivity index (χ0v) is 17.9. The van der Waals surface area contributed by atoms with Crippen LogP contribution in [-0.2, 0) is 6.42 Å². The molecule has 1 aliphatic heterocycles. The summed E-state index contributed by atoms with van der Waals surface area (Å²) in [6.45, 7) is 2.79. The lowest BCUT2D eigenvalue weighted by Gasteiger charge is -2.37. The summed E-state index contributed by atoms with van der Waals surface area (Å²) in [6, 6.07) is 8.58. The molecular formula is C21H24ClN5OS. The maximum Gasteiger partial charge on any atom is 0.179 e. The molecule has 1 saturated heterocycles. The van der Waals surface area contributed by atoms with Gasteiger partial charge in [0, 0.05) is 30.4 Å². The first-order chi connectivity index (χ1) is 13.8. The van der Waals surface area contributed by atoms with Gasteiger partial charge in [-0.25, -0.2) is 9.97 Å². The fraction of sp³-hybridized carbons (Fsp3) is 0.381. The van der Waals surface area contributed by atoms with E-state index < -0.39 is 0 Å². The minimum absolute atomic E-state index is 0. The van der Waals surface area contributed by atoms with E-state index in [-0.39, 0.29) is 12.4 Å². The molecule has 6 nitrogen and oxygen atoms in total. The zero-order chi connectivity index (χ0) is 19.3. The van der Waals surface area contributed by atoms with Gasteiger partial charge >= 0.3 is 0 Å². The molecule has 1 atom stereocenters. The highest BCUT2D eigenvalue weighted by Gasteiger charge is 2.25. The van der Waals surface area contributed by atoms with Crippen molar-refractivity contribution in [2.75, 3.05) is 31.6 Å². The summed E-state index contributed by atoms with van der Waals surface area (Å²) in [6.07, 6.45) is 6.47. The average molecular weight is 430 g/mol. The van der Waals surface area contributed by atoms with Crippen LogP contribution in [0.1, 0.15) is 24.0 Å². The molecule has 1 aliphatic rings. The molecule has 3 aromatic rings. The van der Waals surface area contributed by atoms with Crippen molar-refractivity contribution in [1.29, 1.82) is 5.26 Å². The highest BCUT2D eigenvalue weighted by atomic mass is 35.5. The van der Waals surface area contributed by atoms with Crippen molar-refractivity contribution < 1.29 is 4.74 Å². The fourth-order valence-electron chi connectivity index (χ4n) is 3.84. The Morgan fingerprint density at radius 2 is 2.31 bits per heavy atom. The Morgan fingerprint density at radius 3 is 3.14 bits per heavy atom. The summed E-state index contributed by atoms with van der Waals surface area (Å²) in [7, 11) is 1.66. The van der Waals surface area contributed by atoms with Crippen LogP contribution in [0.15, 0.2) is 36.1 Å². The summed E-state index contributed by atoms with van der Waals surface area (Å²) >= 11 is 1.76. The standard InChI is InChI=1S/C21H23N5OS.ClH/c1-27-19-12-24-14-25-21(19)26-8-7-23-11-17(26)4-2-3-16-13-28-20-6-5-15(10-22)9-18(16)20;/h5-6,9,12-14,17,23H,2-4,7-8,11H2,1H3;1H. The molecule has 1 unspecified atom stereocenters. The molecule has 8 heteroatoms. The predicted octanol–water partition coefficient (Wildman–Crippen LogP) is 3.79. The number of piperazine rings is 1. The van der Waals surface area contributed by atoms with Gasteiger partial charge in [0.1, 0.15) is 6.33 Å². The molecular weight excluding hydrogens is 406 g/mol. The first kappa shape index (κ1) is 21.3. The lowest BCUT2D eigenvalue weighted by atomic mass is 10.0. The second-order valence-corrected chi connectivity index (χ2v) is 7.85. The number of hydrogen-bond donors (Lipinski definition) is 1. The van der Waals surface area contributed by atoms with E-state index in [9.17, 15) is 5.26 Å². The molecule has 1 N–H and O–H groups in total. The highest BCUT2D eigenvalue weighted by Crippen LogP contribution is 2.30. The lowest BCUT2D eigenvalue weighted by Crippen LogP contribution is -2.51. The number of fused-ring (bicyclic) bond motifs is 1. The van der Waals surface area contributed by atoms with Gasteiger partial charge in [0.2, 0.25) is 0 Å². The van der Waals surface area contributed by atoms with Crippen LogP contribution in [0.25, 0.3) is 10.1 Å². The van der Waals surface area contributed by atoms with E-state index in [4.69, 9.17) is 4.74 Å². The third-order valence-electron chi connectivity index (χ3n) is 5.27. The van der Waals surface area contributed by atoms with Crippen LogP contribution in [0.5, 0.6) is 5.75 Å². The molecule has 1 aromatic carbocycles. The molecule has 0 amide bonds. The number of hydrogen-bond acceptors (Lipinski definition) is 7. The van der Waals surface area contributed by atoms with Crippen molar-refractivity contribution >= 4 is 39.6 Å². The molecule has 29 heavy (non-hydrogen) atoms. The number of nitrogens with zero attached hydrogens (tertiary/aromatic N) is 4. The minimum atomic E-state index is 0. The first-order valence-corrected chi connectivity index (χ1v) is 10.4. The van der Waals surface area contributed by atoms with Gasteiger partial charge in [-0.15, -0.1) is 23.7 Å². The largest absolute Gasteiger partial charge is 0.491 e. The monoisotopic (exact) mass is 429 g/mol. The summed E-state index contributed by atoms with van der Waals surface area (Å²) in [4.78, 5) is 10.9. The summed E-state index contributed by atoms with van der Waals surface area (Å²) in [5.41, 5.74) is 2.07. The Hall–Kier alpha value is -2.40. The van der Waals surface area contributed by atoms with Crippen molar-refractivity contribution in [3.8, 4) is 11.8 Å². The Kier molecular flexibility index (Phi) is 7.26. The first-order valence-electron chi connectivity index (χ1n) is 9.51. The quantitative estimate of drug-likeness (QED) is 0.642. The topological polar surface area (TPSA) is 74.1 Å². The number of nitrogens with one attached hydrogen (secondary N) is 1. The van der Waals surface area contributed by atoms with Crippen molar-refractivity contribution in [3.05, 3.63) is 47.2 Å². The maximum atomic E-state index is 9.17. The average Bonchev–Trinajstić information content (AvgIpc) is 3.16. The number of aromatic nitrogens is 2. The Bertz CT molecular complexity index is 1000. The predicted molar refractivity (Wildman–Crippen MR) is 119 cm³/mol. The normalized spacial score (nSPS) is 16.3. The van der Waals surface area contributed by atoms with Crippen molar-refractivity contribution in [1.82, 2.24) is 15.3 Å².